The van der Waals surface area contributed by atoms with Gasteiger partial charge in [-0.1, -0.05) is 97.1 Å². The van der Waals surface area contributed by atoms with Gasteiger partial charge in [0.2, 0.25) is 0 Å². The lowest BCUT2D eigenvalue weighted by molar-refractivity contribution is -0.181. The number of rotatable bonds is 14. The average Bonchev–Trinajstić information content (AvgIpc) is 3.29. The van der Waals surface area contributed by atoms with E-state index in [4.69, 9.17) is 23.7 Å². The van der Waals surface area contributed by atoms with E-state index < -0.39 is 12.4 Å². The van der Waals surface area contributed by atoms with Gasteiger partial charge in [0.25, 0.3) is 0 Å². The molecular weight excluding hydrogens is 452 g/mol. The molecule has 190 valence electrons. The van der Waals surface area contributed by atoms with Crippen LogP contribution in [0.15, 0.2) is 104 Å². The van der Waals surface area contributed by atoms with E-state index in [0.29, 0.717) is 19.8 Å². The minimum atomic E-state index is -0.564. The van der Waals surface area contributed by atoms with Gasteiger partial charge in [-0.3, -0.25) is 0 Å². The summed E-state index contributed by atoms with van der Waals surface area (Å²) in [6.45, 7) is 5.28. The number of hydrogen-bond donors (Lipinski definition) is 0. The van der Waals surface area contributed by atoms with Gasteiger partial charge in [-0.25, -0.2) is 0 Å². The van der Waals surface area contributed by atoms with Crippen molar-refractivity contribution in [2.24, 2.45) is 0 Å². The molecule has 0 spiro atoms. The average molecular weight is 489 g/mol. The summed E-state index contributed by atoms with van der Waals surface area (Å²) in [4.78, 5) is 0. The summed E-state index contributed by atoms with van der Waals surface area (Å²) in [5.41, 5.74) is 3.29. The van der Waals surface area contributed by atoms with Gasteiger partial charge in [-0.05, 0) is 29.5 Å². The van der Waals surface area contributed by atoms with Crippen LogP contribution in [0.5, 0.6) is 0 Å². The van der Waals surface area contributed by atoms with Gasteiger partial charge in [-0.15, -0.1) is 6.58 Å². The molecule has 1 aliphatic heterocycles. The first kappa shape index (κ1) is 26.3. The van der Waals surface area contributed by atoms with E-state index in [1.165, 1.54) is 0 Å². The Hall–Kier alpha value is -2.80. The quantitative estimate of drug-likeness (QED) is 0.257. The van der Waals surface area contributed by atoms with E-state index in [2.05, 4.69) is 30.8 Å². The molecule has 0 aromatic heterocycles. The predicted molar refractivity (Wildman–Crippen MR) is 140 cm³/mol. The third-order valence-corrected chi connectivity index (χ3v) is 6.34. The number of methoxy groups -OCH3 is 1. The Bertz CT molecular complexity index is 1010. The first-order chi connectivity index (χ1) is 17.8. The van der Waals surface area contributed by atoms with E-state index in [0.717, 1.165) is 29.5 Å². The van der Waals surface area contributed by atoms with E-state index in [1.54, 1.807) is 7.11 Å². The molecule has 1 unspecified atom stereocenters. The molecule has 3 aromatic rings. The molecule has 36 heavy (non-hydrogen) atoms. The Kier molecular flexibility index (Phi) is 10.3. The summed E-state index contributed by atoms with van der Waals surface area (Å²) >= 11 is 0. The van der Waals surface area contributed by atoms with Gasteiger partial charge >= 0.3 is 0 Å². The molecule has 0 bridgehead atoms. The van der Waals surface area contributed by atoms with Crippen molar-refractivity contribution < 1.29 is 23.7 Å². The van der Waals surface area contributed by atoms with Crippen LogP contribution in [0, 0.1) is 0 Å². The summed E-state index contributed by atoms with van der Waals surface area (Å²) in [6, 6.07) is 30.4. The fraction of sp³-hybridized carbons (Fsp3) is 0.355. The zero-order valence-corrected chi connectivity index (χ0v) is 20.9. The summed E-state index contributed by atoms with van der Waals surface area (Å²) in [7, 11) is 1.64. The monoisotopic (exact) mass is 488 g/mol. The third kappa shape index (κ3) is 7.36. The minimum Gasteiger partial charge on any atom is -0.371 e. The molecule has 0 aliphatic carbocycles. The van der Waals surface area contributed by atoms with Crippen LogP contribution in [-0.2, 0) is 43.5 Å². The molecule has 5 atom stereocenters. The van der Waals surface area contributed by atoms with Crippen molar-refractivity contribution in [3.8, 4) is 0 Å². The van der Waals surface area contributed by atoms with Crippen molar-refractivity contribution in [1.29, 1.82) is 0 Å². The zero-order chi connectivity index (χ0) is 25.0. The summed E-state index contributed by atoms with van der Waals surface area (Å²) in [5.74, 6) is 0. The lowest BCUT2D eigenvalue weighted by atomic mass is 10.0. The Morgan fingerprint density at radius 2 is 1.25 bits per heavy atom. The first-order valence-corrected chi connectivity index (χ1v) is 12.5. The molecule has 1 fully saturated rings. The summed E-state index contributed by atoms with van der Waals surface area (Å²) in [5, 5.41) is 0. The van der Waals surface area contributed by atoms with Crippen molar-refractivity contribution in [2.45, 2.75) is 63.4 Å². The minimum absolute atomic E-state index is 0.216. The van der Waals surface area contributed by atoms with E-state index in [1.807, 2.05) is 72.8 Å². The summed E-state index contributed by atoms with van der Waals surface area (Å²) in [6.07, 6.45) is 1.55. The van der Waals surface area contributed by atoms with Crippen LogP contribution in [0.25, 0.3) is 0 Å². The highest BCUT2D eigenvalue weighted by Crippen LogP contribution is 2.33. The number of ether oxygens (including phenoxy) is 5. The Labute approximate surface area is 214 Å². The SMILES string of the molecule is C=CCC[C@H](OCc1ccccc1)[C@H]1OC(OC)[C@H](OCc2ccccc2)[C@H]1OCc1ccccc1. The largest absolute Gasteiger partial charge is 0.371 e. The molecule has 0 saturated carbocycles. The number of benzene rings is 3. The van der Waals surface area contributed by atoms with Crippen molar-refractivity contribution in [2.75, 3.05) is 7.11 Å². The first-order valence-electron chi connectivity index (χ1n) is 12.5. The van der Waals surface area contributed by atoms with Gasteiger partial charge in [0.1, 0.15) is 18.3 Å². The maximum Gasteiger partial charge on any atom is 0.186 e. The fourth-order valence-corrected chi connectivity index (χ4v) is 4.44. The number of allylic oxidation sites excluding steroid dienone is 1. The normalized spacial score (nSPS) is 22.4. The van der Waals surface area contributed by atoms with Crippen molar-refractivity contribution in [3.05, 3.63) is 120 Å². The summed E-state index contributed by atoms with van der Waals surface area (Å²) < 4.78 is 31.5. The molecule has 0 radical (unpaired) electrons. The molecular formula is C31H36O5. The molecule has 1 saturated heterocycles. The van der Waals surface area contributed by atoms with Crippen LogP contribution in [0.4, 0.5) is 0 Å². The van der Waals surface area contributed by atoms with Crippen LogP contribution in [-0.4, -0.2) is 37.8 Å². The molecule has 4 rings (SSSR count). The maximum absolute atomic E-state index is 6.51. The van der Waals surface area contributed by atoms with Crippen molar-refractivity contribution in [3.63, 3.8) is 0 Å². The van der Waals surface area contributed by atoms with E-state index in [9.17, 15) is 0 Å². The fourth-order valence-electron chi connectivity index (χ4n) is 4.44. The molecule has 0 N–H and O–H groups in total. The molecule has 5 nitrogen and oxygen atoms in total. The molecule has 1 heterocycles. The van der Waals surface area contributed by atoms with Gasteiger partial charge < -0.3 is 23.7 Å². The maximum atomic E-state index is 6.51. The molecule has 5 heteroatoms. The Morgan fingerprint density at radius 3 is 1.75 bits per heavy atom. The zero-order valence-electron chi connectivity index (χ0n) is 20.9. The molecule has 1 aliphatic rings. The van der Waals surface area contributed by atoms with Gasteiger partial charge in [0.15, 0.2) is 6.29 Å². The molecule has 3 aromatic carbocycles. The van der Waals surface area contributed by atoms with Crippen molar-refractivity contribution in [1.82, 2.24) is 0 Å². The lowest BCUT2D eigenvalue weighted by Gasteiger charge is -2.29. The predicted octanol–water partition coefficient (Wildman–Crippen LogP) is 6.08. The molecule has 0 amide bonds. The van der Waals surface area contributed by atoms with Gasteiger partial charge in [0, 0.05) is 7.11 Å². The standard InChI is InChI=1S/C31H36O5/c1-3-4-20-27(33-21-24-14-8-5-9-15-24)28-29(34-22-25-16-10-6-11-17-25)30(31(32-2)36-28)35-23-26-18-12-7-13-19-26/h3,5-19,27-31H,1,4,20-23H2,2H3/t27-,28+,29-,30+,31?/m0/s1. The van der Waals surface area contributed by atoms with Crippen LogP contribution < -0.4 is 0 Å². The topological polar surface area (TPSA) is 46.2 Å². The second kappa shape index (κ2) is 14.1. The highest BCUT2D eigenvalue weighted by molar-refractivity contribution is 5.15. The van der Waals surface area contributed by atoms with Crippen molar-refractivity contribution >= 4 is 0 Å². The van der Waals surface area contributed by atoms with E-state index >= 15 is 0 Å². The highest BCUT2D eigenvalue weighted by Gasteiger charge is 2.50. The van der Waals surface area contributed by atoms with Gasteiger partial charge in [0.05, 0.1) is 25.9 Å². The van der Waals surface area contributed by atoms with Crippen LogP contribution in [0.1, 0.15) is 29.5 Å². The highest BCUT2D eigenvalue weighted by atomic mass is 16.7. The Balaban J connectivity index is 1.54. The second-order valence-corrected chi connectivity index (χ2v) is 8.93. The third-order valence-electron chi connectivity index (χ3n) is 6.34. The number of hydrogen-bond acceptors (Lipinski definition) is 5. The smallest absolute Gasteiger partial charge is 0.186 e. The lowest BCUT2D eigenvalue weighted by Crippen LogP contribution is -2.43. The second-order valence-electron chi connectivity index (χ2n) is 8.93. The van der Waals surface area contributed by atoms with Gasteiger partial charge in [-0.2, -0.15) is 0 Å². The Morgan fingerprint density at radius 1 is 0.750 bits per heavy atom. The van der Waals surface area contributed by atoms with Crippen LogP contribution >= 0.6 is 0 Å². The van der Waals surface area contributed by atoms with Crippen LogP contribution in [0.2, 0.25) is 0 Å². The van der Waals surface area contributed by atoms with Crippen LogP contribution in [0.3, 0.4) is 0 Å². The van der Waals surface area contributed by atoms with E-state index in [-0.39, 0.29) is 18.3 Å².